The third-order valence-electron chi connectivity index (χ3n) is 3.52. The van der Waals surface area contributed by atoms with Gasteiger partial charge in [-0.3, -0.25) is 9.59 Å². The van der Waals surface area contributed by atoms with Gasteiger partial charge in [-0.2, -0.15) is 4.99 Å². The molecule has 1 N–H and O–H groups in total. The van der Waals surface area contributed by atoms with Crippen LogP contribution >= 0.6 is 11.8 Å². The van der Waals surface area contributed by atoms with Gasteiger partial charge in [-0.05, 0) is 13.3 Å². The fourth-order valence-corrected chi connectivity index (χ4v) is 6.59. The topological polar surface area (TPSA) is 104 Å². The molecular formula is C12H18N2O5S2. The number of carbonyl (C=O) groups excluding carboxylic acids is 1. The van der Waals surface area contributed by atoms with E-state index in [-0.39, 0.29) is 48.0 Å². The normalized spacial score (nSPS) is 28.8. The highest BCUT2D eigenvalue weighted by molar-refractivity contribution is 8.15. The Morgan fingerprint density at radius 2 is 2.10 bits per heavy atom. The third-order valence-corrected chi connectivity index (χ3v) is 6.76. The van der Waals surface area contributed by atoms with E-state index < -0.39 is 15.8 Å². The Morgan fingerprint density at radius 1 is 1.38 bits per heavy atom. The zero-order chi connectivity index (χ0) is 15.6. The van der Waals surface area contributed by atoms with Gasteiger partial charge in [-0.15, -0.1) is 0 Å². The average Bonchev–Trinajstić information content (AvgIpc) is 2.79. The standard InChI is InChI=1S/C12H18N2O5S2/c1-2-14-8-6-21(18,19)7-9(8)20-12(14)13-10(15)4-3-5-11(16)17/h8-9H,2-7H2,1H3,(H,16,17)/t8-,9+/m0/s1. The van der Waals surface area contributed by atoms with E-state index in [1.807, 2.05) is 11.8 Å². The first-order valence-electron chi connectivity index (χ1n) is 6.79. The van der Waals surface area contributed by atoms with Gasteiger partial charge < -0.3 is 10.0 Å². The smallest absolute Gasteiger partial charge is 0.303 e. The minimum atomic E-state index is -2.99. The zero-order valence-electron chi connectivity index (χ0n) is 11.7. The summed E-state index contributed by atoms with van der Waals surface area (Å²) < 4.78 is 23.3. The Morgan fingerprint density at radius 3 is 2.71 bits per heavy atom. The average molecular weight is 334 g/mol. The third kappa shape index (κ3) is 3.97. The van der Waals surface area contributed by atoms with Crippen LogP contribution in [0.4, 0.5) is 0 Å². The Kier molecular flexibility index (Phi) is 4.92. The molecule has 0 aromatic rings. The fourth-order valence-electron chi connectivity index (χ4n) is 2.56. The Labute approximate surface area is 127 Å². The maximum atomic E-state index is 11.8. The van der Waals surface area contributed by atoms with Crippen molar-refractivity contribution >= 4 is 38.6 Å². The summed E-state index contributed by atoms with van der Waals surface area (Å²) in [6.45, 7) is 2.50. The molecule has 2 aliphatic rings. The fraction of sp³-hybridized carbons (Fsp3) is 0.750. The van der Waals surface area contributed by atoms with Crippen LogP contribution in [0.1, 0.15) is 26.2 Å². The molecule has 118 valence electrons. The van der Waals surface area contributed by atoms with Crippen molar-refractivity contribution < 1.29 is 23.1 Å². The monoisotopic (exact) mass is 334 g/mol. The molecule has 0 radical (unpaired) electrons. The van der Waals surface area contributed by atoms with Crippen LogP contribution in [0.2, 0.25) is 0 Å². The SMILES string of the molecule is CCN1C(=NC(=O)CCCC(=O)O)S[C@@H]2CS(=O)(=O)C[C@@H]21. The lowest BCUT2D eigenvalue weighted by atomic mass is 10.2. The summed E-state index contributed by atoms with van der Waals surface area (Å²) in [5.74, 6) is -1.03. The van der Waals surface area contributed by atoms with Crippen LogP contribution in [-0.2, 0) is 19.4 Å². The molecule has 2 rings (SSSR count). The van der Waals surface area contributed by atoms with Gasteiger partial charge in [0.05, 0.1) is 17.5 Å². The highest BCUT2D eigenvalue weighted by Crippen LogP contribution is 2.37. The maximum absolute atomic E-state index is 11.8. The predicted octanol–water partition coefficient (Wildman–Crippen LogP) is 0.358. The van der Waals surface area contributed by atoms with Crippen molar-refractivity contribution in [2.24, 2.45) is 4.99 Å². The summed E-state index contributed by atoms with van der Waals surface area (Å²) in [5.41, 5.74) is 0. The Balaban J connectivity index is 1.99. The maximum Gasteiger partial charge on any atom is 0.303 e. The summed E-state index contributed by atoms with van der Waals surface area (Å²) in [6, 6.07) is -0.101. The number of rotatable bonds is 5. The molecule has 9 heteroatoms. The second kappa shape index (κ2) is 6.35. The molecule has 2 saturated heterocycles. The summed E-state index contributed by atoms with van der Waals surface area (Å²) in [6.07, 6.45) is 0.315. The van der Waals surface area contributed by atoms with Gasteiger partial charge >= 0.3 is 5.97 Å². The van der Waals surface area contributed by atoms with E-state index in [1.54, 1.807) is 0 Å². The molecule has 0 unspecified atom stereocenters. The van der Waals surface area contributed by atoms with Crippen LogP contribution in [0.5, 0.6) is 0 Å². The van der Waals surface area contributed by atoms with Crippen molar-refractivity contribution in [1.82, 2.24) is 4.90 Å². The van der Waals surface area contributed by atoms with Crippen LogP contribution in [-0.4, -0.2) is 64.8 Å². The summed E-state index contributed by atoms with van der Waals surface area (Å²) in [5, 5.41) is 9.05. The van der Waals surface area contributed by atoms with Gasteiger partial charge in [0.15, 0.2) is 15.0 Å². The number of hydrogen-bond acceptors (Lipinski definition) is 5. The molecule has 21 heavy (non-hydrogen) atoms. The second-order valence-corrected chi connectivity index (χ2v) is 8.48. The van der Waals surface area contributed by atoms with E-state index >= 15 is 0 Å². The minimum Gasteiger partial charge on any atom is -0.481 e. The van der Waals surface area contributed by atoms with Crippen LogP contribution in [0, 0.1) is 0 Å². The van der Waals surface area contributed by atoms with Crippen molar-refractivity contribution in [3.05, 3.63) is 0 Å². The first kappa shape index (κ1) is 16.3. The van der Waals surface area contributed by atoms with E-state index in [1.165, 1.54) is 11.8 Å². The Bertz CT molecular complexity index is 572. The van der Waals surface area contributed by atoms with E-state index in [2.05, 4.69) is 4.99 Å². The molecule has 0 bridgehead atoms. The highest BCUT2D eigenvalue weighted by atomic mass is 32.2. The number of nitrogens with zero attached hydrogens (tertiary/aromatic N) is 2. The van der Waals surface area contributed by atoms with Crippen molar-refractivity contribution in [3.8, 4) is 0 Å². The first-order chi connectivity index (χ1) is 9.82. The number of carbonyl (C=O) groups is 2. The van der Waals surface area contributed by atoms with Crippen molar-refractivity contribution in [2.75, 3.05) is 18.1 Å². The van der Waals surface area contributed by atoms with Crippen LogP contribution in [0.3, 0.4) is 0 Å². The summed E-state index contributed by atoms with van der Waals surface area (Å²) >= 11 is 1.34. The van der Waals surface area contributed by atoms with Gasteiger partial charge in [0.2, 0.25) is 5.91 Å². The van der Waals surface area contributed by atoms with E-state index in [0.29, 0.717) is 11.7 Å². The number of amides is 1. The number of sulfone groups is 1. The van der Waals surface area contributed by atoms with E-state index in [0.717, 1.165) is 0 Å². The lowest BCUT2D eigenvalue weighted by molar-refractivity contribution is -0.137. The molecule has 0 spiro atoms. The quantitative estimate of drug-likeness (QED) is 0.774. The number of carboxylic acids is 1. The molecule has 7 nitrogen and oxygen atoms in total. The number of thioether (sulfide) groups is 1. The summed E-state index contributed by atoms with van der Waals surface area (Å²) in [4.78, 5) is 28.1. The molecule has 2 aliphatic heterocycles. The minimum absolute atomic E-state index is 0.0509. The Hall–Kier alpha value is -1.09. The largest absolute Gasteiger partial charge is 0.481 e. The molecule has 0 aromatic carbocycles. The molecule has 0 aliphatic carbocycles. The number of aliphatic carboxylic acids is 1. The van der Waals surface area contributed by atoms with E-state index in [9.17, 15) is 18.0 Å². The highest BCUT2D eigenvalue weighted by Gasteiger charge is 2.48. The second-order valence-electron chi connectivity index (χ2n) is 5.12. The van der Waals surface area contributed by atoms with Crippen molar-refractivity contribution in [2.45, 2.75) is 37.5 Å². The number of aliphatic imine (C=N–C) groups is 1. The number of amidine groups is 1. The van der Waals surface area contributed by atoms with Crippen LogP contribution in [0.25, 0.3) is 0 Å². The number of fused-ring (bicyclic) bond motifs is 1. The predicted molar refractivity (Wildman–Crippen MR) is 80.1 cm³/mol. The lowest BCUT2D eigenvalue weighted by Crippen LogP contribution is -2.37. The molecule has 0 aromatic heterocycles. The zero-order valence-corrected chi connectivity index (χ0v) is 13.3. The molecule has 1 amide bonds. The van der Waals surface area contributed by atoms with Crippen LogP contribution in [0.15, 0.2) is 4.99 Å². The van der Waals surface area contributed by atoms with Gasteiger partial charge in [-0.1, -0.05) is 11.8 Å². The van der Waals surface area contributed by atoms with E-state index in [4.69, 9.17) is 5.11 Å². The van der Waals surface area contributed by atoms with Crippen LogP contribution < -0.4 is 0 Å². The lowest BCUT2D eigenvalue weighted by Gasteiger charge is -2.22. The van der Waals surface area contributed by atoms with Gasteiger partial charge in [-0.25, -0.2) is 8.42 Å². The molecule has 0 saturated carbocycles. The molecule has 2 atom stereocenters. The molecule has 2 heterocycles. The van der Waals surface area contributed by atoms with Crippen molar-refractivity contribution in [1.29, 1.82) is 0 Å². The molecule has 2 fully saturated rings. The molecular weight excluding hydrogens is 316 g/mol. The number of hydrogen-bond donors (Lipinski definition) is 1. The van der Waals surface area contributed by atoms with Crippen molar-refractivity contribution in [3.63, 3.8) is 0 Å². The van der Waals surface area contributed by atoms with Gasteiger partial charge in [0.25, 0.3) is 0 Å². The number of carboxylic acid groups (broad SMARTS) is 1. The van der Waals surface area contributed by atoms with Gasteiger partial charge in [0, 0.05) is 24.6 Å². The summed E-state index contributed by atoms with van der Waals surface area (Å²) in [7, 11) is -2.99. The van der Waals surface area contributed by atoms with Gasteiger partial charge in [0.1, 0.15) is 0 Å². The first-order valence-corrected chi connectivity index (χ1v) is 9.49.